The average molecular weight is 419 g/mol. The number of rotatable bonds is 7. The summed E-state index contributed by atoms with van der Waals surface area (Å²) >= 11 is 0. The zero-order chi connectivity index (χ0) is 20.2. The Bertz CT molecular complexity index is 1160. The number of hydrogen-bond donors (Lipinski definition) is 2. The summed E-state index contributed by atoms with van der Waals surface area (Å²) in [5, 5.41) is 0. The maximum atomic E-state index is 12.3. The van der Waals surface area contributed by atoms with E-state index in [1.54, 1.807) is 24.3 Å². The van der Waals surface area contributed by atoms with Crippen LogP contribution in [0.3, 0.4) is 0 Å². The second-order valence-corrected chi connectivity index (χ2v) is 9.46. The van der Waals surface area contributed by atoms with Gasteiger partial charge < -0.3 is 0 Å². The Kier molecular flexibility index (Phi) is 5.61. The molecule has 0 saturated heterocycles. The van der Waals surface area contributed by atoms with E-state index in [9.17, 15) is 16.8 Å². The number of aromatic nitrogens is 2. The minimum absolute atomic E-state index is 0.0402. The number of nitrogens with one attached hydrogen (secondary N) is 2. The van der Waals surface area contributed by atoms with E-state index in [2.05, 4.69) is 19.4 Å². The van der Waals surface area contributed by atoms with Gasteiger partial charge in [0.1, 0.15) is 0 Å². The van der Waals surface area contributed by atoms with Crippen molar-refractivity contribution >= 4 is 31.7 Å². The van der Waals surface area contributed by atoms with E-state index in [-0.39, 0.29) is 22.3 Å². The molecule has 10 heteroatoms. The third-order valence-electron chi connectivity index (χ3n) is 3.67. The van der Waals surface area contributed by atoms with Crippen LogP contribution in [0.5, 0.6) is 0 Å². The van der Waals surface area contributed by atoms with Crippen LogP contribution >= 0.6 is 0 Å². The number of sulfonamides is 2. The molecule has 0 amide bonds. The molecule has 0 aliphatic carbocycles. The maximum Gasteiger partial charge on any atom is 0.264 e. The molecule has 0 bridgehead atoms. The summed E-state index contributed by atoms with van der Waals surface area (Å²) in [5.74, 6) is -0.229. The van der Waals surface area contributed by atoms with Crippen LogP contribution in [-0.4, -0.2) is 26.8 Å². The topological polar surface area (TPSA) is 118 Å². The molecule has 0 aliphatic rings. The summed E-state index contributed by atoms with van der Waals surface area (Å²) in [4.78, 5) is 7.58. The van der Waals surface area contributed by atoms with Crippen LogP contribution in [0.2, 0.25) is 0 Å². The van der Waals surface area contributed by atoms with E-state index in [1.165, 1.54) is 36.7 Å². The summed E-state index contributed by atoms with van der Waals surface area (Å²) in [7, 11) is -7.52. The number of hydrogen-bond acceptors (Lipinski definition) is 6. The van der Waals surface area contributed by atoms with Crippen LogP contribution in [0.1, 0.15) is 11.1 Å². The number of nitrogens with zero attached hydrogens (tertiary/aromatic N) is 2. The zero-order valence-corrected chi connectivity index (χ0v) is 16.5. The van der Waals surface area contributed by atoms with Crippen LogP contribution in [0.4, 0.5) is 11.6 Å². The first-order valence-electron chi connectivity index (χ1n) is 8.19. The highest BCUT2D eigenvalue weighted by Crippen LogP contribution is 2.18. The second kappa shape index (κ2) is 7.95. The molecule has 3 aromatic rings. The van der Waals surface area contributed by atoms with E-state index in [0.717, 1.165) is 5.56 Å². The van der Waals surface area contributed by atoms with Crippen molar-refractivity contribution in [1.82, 2.24) is 9.97 Å². The van der Waals surface area contributed by atoms with Crippen molar-refractivity contribution in [2.24, 2.45) is 0 Å². The minimum Gasteiger partial charge on any atom is -0.283 e. The van der Waals surface area contributed by atoms with Gasteiger partial charge in [-0.2, -0.15) is 0 Å². The Balaban J connectivity index is 1.71. The monoisotopic (exact) mass is 418 g/mol. The lowest BCUT2D eigenvalue weighted by molar-refractivity contribution is 0.599. The van der Waals surface area contributed by atoms with Gasteiger partial charge in [0.15, 0.2) is 0 Å². The fraction of sp³-hybridized carbons (Fsp3) is 0.111. The van der Waals surface area contributed by atoms with E-state index >= 15 is 0 Å². The highest BCUT2D eigenvalue weighted by atomic mass is 32.2. The molecule has 0 spiro atoms. The zero-order valence-electron chi connectivity index (χ0n) is 14.9. The minimum atomic E-state index is -3.88. The molecule has 0 unspecified atom stereocenters. The van der Waals surface area contributed by atoms with Gasteiger partial charge in [0.2, 0.25) is 16.0 Å². The van der Waals surface area contributed by atoms with Crippen LogP contribution in [-0.2, 0) is 25.8 Å². The standard InChI is InChI=1S/C18H18N4O4S2/c1-14-4-2-5-15(12-14)13-27(23,24)21-16-6-8-17(9-7-16)28(25,26)22-18-19-10-3-11-20-18/h2-12,21H,13H2,1H3,(H,19,20,22). The van der Waals surface area contributed by atoms with E-state index in [0.29, 0.717) is 5.56 Å². The Morgan fingerprint density at radius 3 is 2.18 bits per heavy atom. The Morgan fingerprint density at radius 1 is 0.857 bits per heavy atom. The predicted octanol–water partition coefficient (Wildman–Crippen LogP) is 2.53. The molecule has 0 saturated carbocycles. The van der Waals surface area contributed by atoms with Gasteiger partial charge in [-0.05, 0) is 42.8 Å². The molecule has 1 heterocycles. The molecular weight excluding hydrogens is 400 g/mol. The second-order valence-electron chi connectivity index (χ2n) is 6.05. The molecule has 0 radical (unpaired) electrons. The number of anilines is 2. The molecular formula is C18H18N4O4S2. The highest BCUT2D eigenvalue weighted by molar-refractivity contribution is 7.92. The van der Waals surface area contributed by atoms with E-state index < -0.39 is 20.0 Å². The third-order valence-corrected chi connectivity index (χ3v) is 6.27. The smallest absolute Gasteiger partial charge is 0.264 e. The van der Waals surface area contributed by atoms with Gasteiger partial charge in [-0.1, -0.05) is 29.8 Å². The molecule has 0 fully saturated rings. The fourth-order valence-electron chi connectivity index (χ4n) is 2.47. The Labute approximate surface area is 163 Å². The van der Waals surface area contributed by atoms with Crippen molar-refractivity contribution in [2.45, 2.75) is 17.6 Å². The van der Waals surface area contributed by atoms with E-state index in [1.807, 2.05) is 13.0 Å². The summed E-state index contributed by atoms with van der Waals surface area (Å²) in [6.07, 6.45) is 2.83. The van der Waals surface area contributed by atoms with Crippen molar-refractivity contribution in [1.29, 1.82) is 0 Å². The molecule has 2 N–H and O–H groups in total. The largest absolute Gasteiger partial charge is 0.283 e. The predicted molar refractivity (Wildman–Crippen MR) is 107 cm³/mol. The van der Waals surface area contributed by atoms with Crippen LogP contribution < -0.4 is 9.44 Å². The maximum absolute atomic E-state index is 12.3. The quantitative estimate of drug-likeness (QED) is 0.609. The van der Waals surface area contributed by atoms with Gasteiger partial charge in [-0.25, -0.2) is 31.5 Å². The lowest BCUT2D eigenvalue weighted by atomic mass is 10.2. The van der Waals surface area contributed by atoms with Gasteiger partial charge in [-0.15, -0.1) is 0 Å². The molecule has 0 aliphatic heterocycles. The molecule has 3 rings (SSSR count). The third kappa shape index (κ3) is 5.27. The van der Waals surface area contributed by atoms with Gasteiger partial charge in [0, 0.05) is 18.1 Å². The molecule has 146 valence electrons. The van der Waals surface area contributed by atoms with Crippen LogP contribution in [0, 0.1) is 6.92 Å². The number of aryl methyl sites for hydroxylation is 1. The Morgan fingerprint density at radius 2 is 1.54 bits per heavy atom. The Hall–Kier alpha value is -2.98. The summed E-state index contributed by atoms with van der Waals surface area (Å²) in [6, 6.07) is 14.1. The summed E-state index contributed by atoms with van der Waals surface area (Å²) in [6.45, 7) is 1.89. The summed E-state index contributed by atoms with van der Waals surface area (Å²) in [5.41, 5.74) is 1.90. The normalized spacial score (nSPS) is 11.8. The van der Waals surface area contributed by atoms with Gasteiger partial charge >= 0.3 is 0 Å². The first-order chi connectivity index (χ1) is 13.2. The van der Waals surface area contributed by atoms with Gasteiger partial charge in [0.25, 0.3) is 10.0 Å². The van der Waals surface area contributed by atoms with Crippen LogP contribution in [0.15, 0.2) is 71.9 Å². The van der Waals surface area contributed by atoms with Crippen molar-refractivity contribution in [3.63, 3.8) is 0 Å². The highest BCUT2D eigenvalue weighted by Gasteiger charge is 2.17. The summed E-state index contributed by atoms with van der Waals surface area (Å²) < 4.78 is 54.1. The van der Waals surface area contributed by atoms with Crippen molar-refractivity contribution in [3.05, 3.63) is 78.1 Å². The van der Waals surface area contributed by atoms with E-state index in [4.69, 9.17) is 0 Å². The van der Waals surface area contributed by atoms with Crippen molar-refractivity contribution in [3.8, 4) is 0 Å². The average Bonchev–Trinajstić information content (AvgIpc) is 2.62. The molecule has 28 heavy (non-hydrogen) atoms. The van der Waals surface area contributed by atoms with Crippen molar-refractivity contribution < 1.29 is 16.8 Å². The van der Waals surface area contributed by atoms with Gasteiger partial charge in [-0.3, -0.25) is 4.72 Å². The molecule has 2 aromatic carbocycles. The fourth-order valence-corrected chi connectivity index (χ4v) is 4.61. The van der Waals surface area contributed by atoms with Crippen molar-refractivity contribution in [2.75, 3.05) is 9.44 Å². The van der Waals surface area contributed by atoms with Crippen LogP contribution in [0.25, 0.3) is 0 Å². The first kappa shape index (κ1) is 19.8. The lowest BCUT2D eigenvalue weighted by Crippen LogP contribution is -2.16. The lowest BCUT2D eigenvalue weighted by Gasteiger charge is -2.10. The molecule has 8 nitrogen and oxygen atoms in total. The van der Waals surface area contributed by atoms with Gasteiger partial charge in [0.05, 0.1) is 10.6 Å². The molecule has 1 aromatic heterocycles. The SMILES string of the molecule is Cc1cccc(CS(=O)(=O)Nc2ccc(S(=O)(=O)Nc3ncccn3)cc2)c1. The first-order valence-corrected chi connectivity index (χ1v) is 11.3. The molecule has 0 atom stereocenters. The number of benzene rings is 2.